The quantitative estimate of drug-likeness (QED) is 0.672. The minimum atomic E-state index is 0.392. The Hall–Kier alpha value is -2.24. The second-order valence-corrected chi connectivity index (χ2v) is 6.98. The van der Waals surface area contributed by atoms with Crippen LogP contribution in [0.2, 0.25) is 0 Å². The van der Waals surface area contributed by atoms with Gasteiger partial charge in [-0.05, 0) is 6.42 Å². The highest BCUT2D eigenvalue weighted by atomic mass is 32.1. The summed E-state index contributed by atoms with van der Waals surface area (Å²) >= 11 is 3.23. The Labute approximate surface area is 143 Å². The fourth-order valence-corrected chi connectivity index (χ4v) is 4.03. The Morgan fingerprint density at radius 3 is 2.61 bits per heavy atom. The van der Waals surface area contributed by atoms with Crippen LogP contribution in [0.4, 0.5) is 10.3 Å². The van der Waals surface area contributed by atoms with Crippen LogP contribution in [0, 0.1) is 0 Å². The zero-order chi connectivity index (χ0) is 15.5. The highest BCUT2D eigenvalue weighted by molar-refractivity contribution is 7.16. The standard InChI is InChI=1S/C18H15N3S2/c1-3-7-13(8-4-1)15-11-22-17(19-15)21-18-20-16(12-23-18)14-9-5-2-6-10-14/h1-9,11-12,14H,10H2,(H,19,20,21). The van der Waals surface area contributed by atoms with Gasteiger partial charge in [0.15, 0.2) is 10.3 Å². The number of benzene rings is 1. The molecule has 1 aliphatic carbocycles. The molecule has 0 aliphatic heterocycles. The van der Waals surface area contributed by atoms with E-state index in [1.165, 1.54) is 0 Å². The van der Waals surface area contributed by atoms with Crippen molar-refractivity contribution in [2.75, 3.05) is 5.32 Å². The molecule has 5 heteroatoms. The summed E-state index contributed by atoms with van der Waals surface area (Å²) < 4.78 is 0. The Kier molecular flexibility index (Phi) is 4.05. The minimum Gasteiger partial charge on any atom is -0.307 e. The van der Waals surface area contributed by atoms with E-state index >= 15 is 0 Å². The van der Waals surface area contributed by atoms with Crippen molar-refractivity contribution < 1.29 is 0 Å². The topological polar surface area (TPSA) is 37.8 Å². The van der Waals surface area contributed by atoms with Gasteiger partial charge in [0.25, 0.3) is 0 Å². The molecule has 2 aromatic heterocycles. The van der Waals surface area contributed by atoms with E-state index in [1.807, 2.05) is 18.2 Å². The SMILES string of the molecule is C1=CCC(c2csc(Nc3nc(-c4ccccc4)cs3)n2)C=C1. The van der Waals surface area contributed by atoms with E-state index in [0.29, 0.717) is 5.92 Å². The molecule has 4 rings (SSSR count). The zero-order valence-electron chi connectivity index (χ0n) is 12.3. The summed E-state index contributed by atoms with van der Waals surface area (Å²) in [5, 5.41) is 9.30. The van der Waals surface area contributed by atoms with E-state index in [9.17, 15) is 0 Å². The molecular formula is C18H15N3S2. The monoisotopic (exact) mass is 337 g/mol. The van der Waals surface area contributed by atoms with Crippen LogP contribution in [0.25, 0.3) is 11.3 Å². The molecule has 1 aromatic carbocycles. The average Bonchev–Trinajstić information content (AvgIpc) is 3.27. The Morgan fingerprint density at radius 1 is 0.957 bits per heavy atom. The molecule has 1 N–H and O–H groups in total. The van der Waals surface area contributed by atoms with Crippen LogP contribution in [0.15, 0.2) is 65.4 Å². The first-order chi connectivity index (χ1) is 11.4. The summed E-state index contributed by atoms with van der Waals surface area (Å²) in [5.74, 6) is 0.392. The van der Waals surface area contributed by atoms with E-state index in [4.69, 9.17) is 4.98 Å². The van der Waals surface area contributed by atoms with Crippen molar-refractivity contribution in [3.63, 3.8) is 0 Å². The molecule has 0 bridgehead atoms. The van der Waals surface area contributed by atoms with E-state index < -0.39 is 0 Å². The molecule has 1 atom stereocenters. The van der Waals surface area contributed by atoms with Crippen molar-refractivity contribution in [3.05, 3.63) is 71.1 Å². The molecule has 3 aromatic rings. The lowest BCUT2D eigenvalue weighted by Crippen LogP contribution is -1.97. The van der Waals surface area contributed by atoms with Crippen molar-refractivity contribution in [1.29, 1.82) is 0 Å². The molecule has 1 aliphatic rings. The largest absolute Gasteiger partial charge is 0.307 e. The fourth-order valence-electron chi connectivity index (χ4n) is 2.48. The van der Waals surface area contributed by atoms with Crippen LogP contribution in [0.1, 0.15) is 18.0 Å². The second-order valence-electron chi connectivity index (χ2n) is 5.26. The van der Waals surface area contributed by atoms with Crippen LogP contribution >= 0.6 is 22.7 Å². The Bertz CT molecular complexity index is 846. The third-order valence-corrected chi connectivity index (χ3v) is 5.20. The number of nitrogens with one attached hydrogen (secondary N) is 1. The molecule has 0 saturated carbocycles. The predicted octanol–water partition coefficient (Wildman–Crippen LogP) is 5.61. The zero-order valence-corrected chi connectivity index (χ0v) is 14.0. The molecular weight excluding hydrogens is 322 g/mol. The van der Waals surface area contributed by atoms with E-state index in [2.05, 4.69) is 57.5 Å². The summed E-state index contributed by atoms with van der Waals surface area (Å²) in [6.45, 7) is 0. The lowest BCUT2D eigenvalue weighted by atomic mass is 9.98. The highest BCUT2D eigenvalue weighted by Gasteiger charge is 2.13. The second kappa shape index (κ2) is 6.48. The molecule has 0 spiro atoms. The maximum absolute atomic E-state index is 4.70. The van der Waals surface area contributed by atoms with Gasteiger partial charge in [0.2, 0.25) is 0 Å². The van der Waals surface area contributed by atoms with Crippen LogP contribution < -0.4 is 5.32 Å². The van der Waals surface area contributed by atoms with Crippen molar-refractivity contribution in [2.24, 2.45) is 0 Å². The summed E-state index contributed by atoms with van der Waals surface area (Å²) in [4.78, 5) is 9.35. The summed E-state index contributed by atoms with van der Waals surface area (Å²) in [6, 6.07) is 10.2. The molecule has 1 unspecified atom stereocenters. The highest BCUT2D eigenvalue weighted by Crippen LogP contribution is 2.31. The molecule has 0 radical (unpaired) electrons. The van der Waals surface area contributed by atoms with Gasteiger partial charge in [0, 0.05) is 22.2 Å². The van der Waals surface area contributed by atoms with E-state index in [-0.39, 0.29) is 0 Å². The number of anilines is 2. The maximum Gasteiger partial charge on any atom is 0.189 e. The molecule has 3 nitrogen and oxygen atoms in total. The third kappa shape index (κ3) is 3.25. The number of hydrogen-bond acceptors (Lipinski definition) is 5. The molecule has 0 amide bonds. The minimum absolute atomic E-state index is 0.392. The number of rotatable bonds is 4. The maximum atomic E-state index is 4.70. The van der Waals surface area contributed by atoms with Crippen LogP contribution in [0.5, 0.6) is 0 Å². The van der Waals surface area contributed by atoms with Gasteiger partial charge in [-0.15, -0.1) is 22.7 Å². The molecule has 0 fully saturated rings. The van der Waals surface area contributed by atoms with Gasteiger partial charge in [0.1, 0.15) is 0 Å². The Morgan fingerprint density at radius 2 is 1.78 bits per heavy atom. The summed E-state index contributed by atoms with van der Waals surface area (Å²) in [6.07, 6.45) is 9.59. The van der Waals surface area contributed by atoms with Gasteiger partial charge in [-0.25, -0.2) is 9.97 Å². The summed E-state index contributed by atoms with van der Waals surface area (Å²) in [5.41, 5.74) is 3.25. The number of aromatic nitrogens is 2. The number of hydrogen-bond donors (Lipinski definition) is 1. The molecule has 0 saturated heterocycles. The first-order valence-electron chi connectivity index (χ1n) is 7.45. The number of thiazole rings is 2. The normalized spacial score (nSPS) is 16.6. The van der Waals surface area contributed by atoms with Crippen molar-refractivity contribution in [1.82, 2.24) is 9.97 Å². The average molecular weight is 337 g/mol. The summed E-state index contributed by atoms with van der Waals surface area (Å²) in [7, 11) is 0. The van der Waals surface area contributed by atoms with E-state index in [1.54, 1.807) is 22.7 Å². The van der Waals surface area contributed by atoms with Crippen LogP contribution in [-0.2, 0) is 0 Å². The van der Waals surface area contributed by atoms with E-state index in [0.717, 1.165) is 33.6 Å². The first kappa shape index (κ1) is 14.4. The smallest absolute Gasteiger partial charge is 0.189 e. The van der Waals surface area contributed by atoms with Gasteiger partial charge >= 0.3 is 0 Å². The first-order valence-corrected chi connectivity index (χ1v) is 9.21. The van der Waals surface area contributed by atoms with Crippen molar-refractivity contribution >= 4 is 32.9 Å². The van der Waals surface area contributed by atoms with Gasteiger partial charge in [0.05, 0.1) is 11.4 Å². The van der Waals surface area contributed by atoms with Gasteiger partial charge in [-0.1, -0.05) is 54.6 Å². The molecule has 23 heavy (non-hydrogen) atoms. The molecule has 114 valence electrons. The third-order valence-electron chi connectivity index (χ3n) is 3.67. The van der Waals surface area contributed by atoms with Crippen molar-refractivity contribution in [3.8, 4) is 11.3 Å². The van der Waals surface area contributed by atoms with Crippen LogP contribution in [0.3, 0.4) is 0 Å². The number of allylic oxidation sites excluding steroid dienone is 4. The van der Waals surface area contributed by atoms with Gasteiger partial charge < -0.3 is 5.32 Å². The fraction of sp³-hybridized carbons (Fsp3) is 0.111. The van der Waals surface area contributed by atoms with Gasteiger partial charge in [-0.2, -0.15) is 0 Å². The predicted molar refractivity (Wildman–Crippen MR) is 98.6 cm³/mol. The lowest BCUT2D eigenvalue weighted by Gasteiger charge is -2.09. The molecule has 2 heterocycles. The Balaban J connectivity index is 1.49. The van der Waals surface area contributed by atoms with Crippen molar-refractivity contribution in [2.45, 2.75) is 12.3 Å². The lowest BCUT2D eigenvalue weighted by molar-refractivity contribution is 0.826. The number of nitrogens with zero attached hydrogens (tertiary/aromatic N) is 2. The van der Waals surface area contributed by atoms with Crippen LogP contribution in [-0.4, -0.2) is 9.97 Å². The van der Waals surface area contributed by atoms with Gasteiger partial charge in [-0.3, -0.25) is 0 Å².